The molecular weight excluding hydrogens is 466 g/mol. The highest BCUT2D eigenvalue weighted by Gasteiger charge is 2.49. The van der Waals surface area contributed by atoms with Gasteiger partial charge >= 0.3 is 5.97 Å². The molecule has 0 aliphatic carbocycles. The highest BCUT2D eigenvalue weighted by Crippen LogP contribution is 2.44. The minimum absolute atomic E-state index is 0.00712. The van der Waals surface area contributed by atoms with Crippen molar-refractivity contribution in [2.75, 3.05) is 53.4 Å². The Kier molecular flexibility index (Phi) is 7.13. The average Bonchev–Trinajstić information content (AvgIpc) is 3.51. The number of esters is 1. The molecule has 0 aromatic heterocycles. The number of carbonyl (C=O) groups excluding carboxylic acids is 1. The molecule has 1 atom stereocenters. The van der Waals surface area contributed by atoms with Crippen LogP contribution in [0.15, 0.2) is 71.7 Å². The number of aliphatic hydroxyl groups is 1. The van der Waals surface area contributed by atoms with Gasteiger partial charge in [0.2, 0.25) is 6.79 Å². The van der Waals surface area contributed by atoms with Gasteiger partial charge in [0.1, 0.15) is 29.9 Å². The highest BCUT2D eigenvalue weighted by molar-refractivity contribution is 5.97. The number of morpholine rings is 1. The van der Waals surface area contributed by atoms with E-state index in [9.17, 15) is 9.90 Å². The third-order valence-corrected chi connectivity index (χ3v) is 6.42. The van der Waals surface area contributed by atoms with E-state index in [2.05, 4.69) is 4.90 Å². The monoisotopic (exact) mass is 495 g/mol. The second-order valence-corrected chi connectivity index (χ2v) is 8.65. The lowest BCUT2D eigenvalue weighted by atomic mass is 9.89. The molecule has 0 amide bonds. The van der Waals surface area contributed by atoms with Crippen LogP contribution in [-0.4, -0.2) is 69.3 Å². The Labute approximate surface area is 209 Å². The maximum Gasteiger partial charge on any atom is 0.345 e. The first-order valence-corrected chi connectivity index (χ1v) is 11.9. The zero-order valence-electron chi connectivity index (χ0n) is 20.1. The number of hydrogen-bond donors (Lipinski definition) is 1. The lowest BCUT2D eigenvalue weighted by Gasteiger charge is -2.26. The van der Waals surface area contributed by atoms with Crippen molar-refractivity contribution >= 4 is 5.97 Å². The molecule has 2 aromatic rings. The van der Waals surface area contributed by atoms with Crippen LogP contribution in [0.4, 0.5) is 0 Å². The van der Waals surface area contributed by atoms with Crippen molar-refractivity contribution in [3.63, 3.8) is 0 Å². The van der Waals surface area contributed by atoms with Crippen molar-refractivity contribution in [1.29, 1.82) is 0 Å². The summed E-state index contributed by atoms with van der Waals surface area (Å²) in [6.07, 6.45) is 1.59. The van der Waals surface area contributed by atoms with Gasteiger partial charge in [0.15, 0.2) is 5.76 Å². The highest BCUT2D eigenvalue weighted by atomic mass is 16.7. The van der Waals surface area contributed by atoms with E-state index in [0.29, 0.717) is 29.2 Å². The zero-order valence-corrected chi connectivity index (χ0v) is 20.1. The van der Waals surface area contributed by atoms with E-state index in [0.717, 1.165) is 38.4 Å². The fraction of sp³-hybridized carbons (Fsp3) is 0.370. The van der Waals surface area contributed by atoms with Crippen molar-refractivity contribution in [3.05, 3.63) is 82.8 Å². The van der Waals surface area contributed by atoms with E-state index in [4.69, 9.17) is 28.4 Å². The van der Waals surface area contributed by atoms with E-state index in [1.165, 1.54) is 6.26 Å². The fourth-order valence-electron chi connectivity index (χ4n) is 4.49. The van der Waals surface area contributed by atoms with Gasteiger partial charge in [0.25, 0.3) is 5.79 Å². The molecule has 0 spiro atoms. The molecule has 2 aromatic carbocycles. The van der Waals surface area contributed by atoms with Gasteiger partial charge in [-0.05, 0) is 42.0 Å². The predicted molar refractivity (Wildman–Crippen MR) is 128 cm³/mol. The van der Waals surface area contributed by atoms with Crippen LogP contribution in [0.5, 0.6) is 11.5 Å². The maximum atomic E-state index is 13.0. The van der Waals surface area contributed by atoms with Gasteiger partial charge in [-0.1, -0.05) is 12.1 Å². The molecule has 9 nitrogen and oxygen atoms in total. The standard InChI is InChI=1S/C27H29NO8/c1-31-21-7-5-20(6-8-21)27(30)23(25(26(29)36-27)24-17-33-18-35-24)16-19-3-2-4-22(15-19)34-14-11-28-9-12-32-13-10-28/h2-8,15,17,30H,9-14,16,18H2,1H3. The topological polar surface area (TPSA) is 95.9 Å². The summed E-state index contributed by atoms with van der Waals surface area (Å²) in [6.45, 7) is 4.65. The Morgan fingerprint density at radius 1 is 1.08 bits per heavy atom. The molecule has 1 unspecified atom stereocenters. The molecule has 0 radical (unpaired) electrons. The number of cyclic esters (lactones) is 1. The number of rotatable bonds is 9. The van der Waals surface area contributed by atoms with Crippen LogP contribution >= 0.6 is 0 Å². The summed E-state index contributed by atoms with van der Waals surface area (Å²) in [5, 5.41) is 11.7. The smallest absolute Gasteiger partial charge is 0.345 e. The Morgan fingerprint density at radius 2 is 1.89 bits per heavy atom. The normalized spacial score (nSPS) is 22.1. The lowest BCUT2D eigenvalue weighted by Crippen LogP contribution is -2.38. The molecule has 190 valence electrons. The molecule has 0 bridgehead atoms. The summed E-state index contributed by atoms with van der Waals surface area (Å²) >= 11 is 0. The van der Waals surface area contributed by atoms with Crippen LogP contribution in [-0.2, 0) is 35.9 Å². The number of benzene rings is 2. The zero-order chi connectivity index (χ0) is 25.0. The van der Waals surface area contributed by atoms with Gasteiger partial charge in [0, 0.05) is 37.2 Å². The largest absolute Gasteiger partial charge is 0.497 e. The summed E-state index contributed by atoms with van der Waals surface area (Å²) in [4.78, 5) is 15.3. The van der Waals surface area contributed by atoms with Gasteiger partial charge in [-0.15, -0.1) is 0 Å². The van der Waals surface area contributed by atoms with E-state index >= 15 is 0 Å². The average molecular weight is 496 g/mol. The predicted octanol–water partition coefficient (Wildman–Crippen LogP) is 2.49. The van der Waals surface area contributed by atoms with Crippen molar-refractivity contribution in [3.8, 4) is 11.5 Å². The summed E-state index contributed by atoms with van der Waals surface area (Å²) < 4.78 is 32.8. The molecule has 0 saturated carbocycles. The molecule has 36 heavy (non-hydrogen) atoms. The minimum Gasteiger partial charge on any atom is -0.497 e. The Hall–Kier alpha value is -3.53. The molecule has 3 aliphatic rings. The summed E-state index contributed by atoms with van der Waals surface area (Å²) in [5.74, 6) is -1.09. The summed E-state index contributed by atoms with van der Waals surface area (Å²) in [6, 6.07) is 14.3. The number of carbonyl (C=O) groups is 1. The summed E-state index contributed by atoms with van der Waals surface area (Å²) in [7, 11) is 1.56. The molecule has 5 rings (SSSR count). The molecule has 1 saturated heterocycles. The van der Waals surface area contributed by atoms with Gasteiger partial charge < -0.3 is 33.5 Å². The van der Waals surface area contributed by atoms with Gasteiger partial charge in [-0.3, -0.25) is 4.90 Å². The Bertz CT molecular complexity index is 1150. The molecule has 3 heterocycles. The SMILES string of the molecule is COc1ccc(C2(O)OC(=O)C(C3=COCO3)=C2Cc2cccc(OCCN3CCOCC3)c2)cc1. The first-order valence-electron chi connectivity index (χ1n) is 11.9. The Morgan fingerprint density at radius 3 is 2.61 bits per heavy atom. The number of hydrogen-bond acceptors (Lipinski definition) is 9. The molecule has 9 heteroatoms. The van der Waals surface area contributed by atoms with Crippen LogP contribution in [0, 0.1) is 0 Å². The molecule has 1 N–H and O–H groups in total. The van der Waals surface area contributed by atoms with Crippen molar-refractivity contribution < 1.29 is 38.3 Å². The van der Waals surface area contributed by atoms with Crippen LogP contribution < -0.4 is 9.47 Å². The first-order chi connectivity index (χ1) is 17.6. The second kappa shape index (κ2) is 10.6. The van der Waals surface area contributed by atoms with E-state index in [1.54, 1.807) is 31.4 Å². The third kappa shape index (κ3) is 5.04. The lowest BCUT2D eigenvalue weighted by molar-refractivity contribution is -0.186. The van der Waals surface area contributed by atoms with E-state index < -0.39 is 11.8 Å². The summed E-state index contributed by atoms with van der Waals surface area (Å²) in [5.41, 5.74) is 1.76. The van der Waals surface area contributed by atoms with Gasteiger partial charge in [-0.2, -0.15) is 0 Å². The molecule has 3 aliphatic heterocycles. The van der Waals surface area contributed by atoms with Crippen molar-refractivity contribution in [2.45, 2.75) is 12.2 Å². The number of ether oxygens (including phenoxy) is 6. The quantitative estimate of drug-likeness (QED) is 0.527. The third-order valence-electron chi connectivity index (χ3n) is 6.42. The maximum absolute atomic E-state index is 13.0. The minimum atomic E-state index is -1.97. The van der Waals surface area contributed by atoms with Crippen LogP contribution in [0.3, 0.4) is 0 Å². The second-order valence-electron chi connectivity index (χ2n) is 8.65. The Balaban J connectivity index is 1.40. The van der Waals surface area contributed by atoms with Crippen molar-refractivity contribution in [2.24, 2.45) is 0 Å². The number of methoxy groups -OCH3 is 1. The van der Waals surface area contributed by atoms with Gasteiger partial charge in [-0.25, -0.2) is 4.79 Å². The molecular formula is C27H29NO8. The van der Waals surface area contributed by atoms with Crippen molar-refractivity contribution in [1.82, 2.24) is 4.90 Å². The van der Waals surface area contributed by atoms with Crippen LogP contribution in [0.2, 0.25) is 0 Å². The molecule has 1 fully saturated rings. The van der Waals surface area contributed by atoms with E-state index in [1.807, 2.05) is 24.3 Å². The first kappa shape index (κ1) is 24.2. The number of nitrogens with zero attached hydrogens (tertiary/aromatic N) is 1. The van der Waals surface area contributed by atoms with Crippen LogP contribution in [0.25, 0.3) is 0 Å². The fourth-order valence-corrected chi connectivity index (χ4v) is 4.49. The van der Waals surface area contributed by atoms with Crippen LogP contribution in [0.1, 0.15) is 11.1 Å². The van der Waals surface area contributed by atoms with E-state index in [-0.39, 0.29) is 24.5 Å². The van der Waals surface area contributed by atoms with Gasteiger partial charge in [0.05, 0.1) is 20.3 Å².